The third kappa shape index (κ3) is 4.05. The monoisotopic (exact) mass is 380 g/mol. The molecule has 0 aliphatic carbocycles. The maximum absolute atomic E-state index is 12.3. The number of benzene rings is 1. The third-order valence-corrected chi connectivity index (χ3v) is 5.18. The van der Waals surface area contributed by atoms with E-state index in [0.29, 0.717) is 10.2 Å². The Labute approximate surface area is 142 Å². The first kappa shape index (κ1) is 16.9. The first-order chi connectivity index (χ1) is 10.5. The normalized spacial score (nSPS) is 12.0. The molecule has 0 saturated heterocycles. The lowest BCUT2D eigenvalue weighted by Crippen LogP contribution is -2.14. The molecule has 1 aromatic carbocycles. The quantitative estimate of drug-likeness (QED) is 0.400. The van der Waals surface area contributed by atoms with Gasteiger partial charge in [0.1, 0.15) is 11.5 Å². The van der Waals surface area contributed by atoms with Crippen LogP contribution in [-0.2, 0) is 10.1 Å². The van der Waals surface area contributed by atoms with Crippen LogP contribution in [0.5, 0.6) is 5.75 Å². The lowest BCUT2D eigenvalue weighted by Gasteiger charge is -2.10. The van der Waals surface area contributed by atoms with Gasteiger partial charge in [0.25, 0.3) is 0 Å². The maximum Gasteiger partial charge on any atom is 0.180 e. The van der Waals surface area contributed by atoms with Crippen molar-refractivity contribution in [3.63, 3.8) is 0 Å². The Morgan fingerprint density at radius 2 is 1.95 bits per heavy atom. The lowest BCUT2D eigenvalue weighted by atomic mass is 9.93. The molecule has 0 amide bonds. The second kappa shape index (κ2) is 7.70. The molecule has 0 N–H and O–H groups in total. The molecular weight excluding hydrogens is 364 g/mol. The van der Waals surface area contributed by atoms with E-state index in [0.717, 1.165) is 16.9 Å². The second-order valence-electron chi connectivity index (χ2n) is 5.01. The van der Waals surface area contributed by atoms with Crippen LogP contribution in [0.15, 0.2) is 35.7 Å². The van der Waals surface area contributed by atoms with Crippen molar-refractivity contribution in [3.8, 4) is 5.75 Å². The van der Waals surface area contributed by atoms with E-state index in [1.54, 1.807) is 7.11 Å². The van der Waals surface area contributed by atoms with Crippen LogP contribution in [0.25, 0.3) is 0 Å². The van der Waals surface area contributed by atoms with Gasteiger partial charge in [0.15, 0.2) is 5.78 Å². The van der Waals surface area contributed by atoms with Crippen LogP contribution < -0.4 is 4.74 Å². The highest BCUT2D eigenvalue weighted by Gasteiger charge is 2.20. The number of carbonyl (C=O) groups is 2. The number of carbonyl (C=O) groups excluding carboxylic acids is 2. The fraction of sp³-hybridized carbons (Fsp3) is 0.294. The molecule has 0 bridgehead atoms. The van der Waals surface area contributed by atoms with Crippen molar-refractivity contribution in [3.05, 3.63) is 51.7 Å². The van der Waals surface area contributed by atoms with Crippen molar-refractivity contribution < 1.29 is 14.3 Å². The summed E-state index contributed by atoms with van der Waals surface area (Å²) in [6.45, 7) is 1.83. The molecule has 1 unspecified atom stereocenters. The number of alkyl halides is 1. The van der Waals surface area contributed by atoms with Gasteiger partial charge in [-0.3, -0.25) is 9.59 Å². The fourth-order valence-electron chi connectivity index (χ4n) is 2.07. The van der Waals surface area contributed by atoms with E-state index in [1.807, 2.05) is 42.6 Å². The zero-order valence-electron chi connectivity index (χ0n) is 12.5. The van der Waals surface area contributed by atoms with Crippen LogP contribution in [0, 0.1) is 0 Å². The molecule has 5 heteroatoms. The Hall–Kier alpha value is -1.46. The number of hydrogen-bond acceptors (Lipinski definition) is 4. The van der Waals surface area contributed by atoms with E-state index in [1.165, 1.54) is 11.3 Å². The molecule has 0 aliphatic rings. The first-order valence-electron chi connectivity index (χ1n) is 6.88. The van der Waals surface area contributed by atoms with Gasteiger partial charge >= 0.3 is 0 Å². The van der Waals surface area contributed by atoms with Crippen LogP contribution in [0.3, 0.4) is 0 Å². The SMILES string of the molecule is COc1ccc(C(C)C(=O)CC(=O)c2cc(CBr)cs2)cc1. The number of thiophene rings is 1. The van der Waals surface area contributed by atoms with Gasteiger partial charge in [-0.05, 0) is 34.7 Å². The largest absolute Gasteiger partial charge is 0.497 e. The summed E-state index contributed by atoms with van der Waals surface area (Å²) in [6, 6.07) is 9.21. The van der Waals surface area contributed by atoms with Gasteiger partial charge in [0, 0.05) is 11.2 Å². The van der Waals surface area contributed by atoms with Crippen molar-refractivity contribution in [2.24, 2.45) is 0 Å². The number of methoxy groups -OCH3 is 1. The average Bonchev–Trinajstić information content (AvgIpc) is 3.03. The predicted molar refractivity (Wildman–Crippen MR) is 92.3 cm³/mol. The minimum Gasteiger partial charge on any atom is -0.497 e. The van der Waals surface area contributed by atoms with Gasteiger partial charge in [-0.2, -0.15) is 0 Å². The van der Waals surface area contributed by atoms with E-state index >= 15 is 0 Å². The topological polar surface area (TPSA) is 43.4 Å². The van der Waals surface area contributed by atoms with Crippen LogP contribution >= 0.6 is 27.3 Å². The maximum atomic E-state index is 12.3. The fourth-order valence-corrected chi connectivity index (χ4v) is 3.46. The number of halogens is 1. The second-order valence-corrected chi connectivity index (χ2v) is 6.49. The Balaban J connectivity index is 2.02. The van der Waals surface area contributed by atoms with Gasteiger partial charge in [-0.1, -0.05) is 35.0 Å². The number of hydrogen-bond donors (Lipinski definition) is 0. The van der Waals surface area contributed by atoms with Crippen molar-refractivity contribution in [1.82, 2.24) is 0 Å². The van der Waals surface area contributed by atoms with Gasteiger partial charge in [-0.25, -0.2) is 0 Å². The van der Waals surface area contributed by atoms with E-state index in [4.69, 9.17) is 4.74 Å². The standard InChI is InChI=1S/C17H17BrO3S/c1-11(13-3-5-14(21-2)6-4-13)15(19)8-16(20)17-7-12(9-18)10-22-17/h3-7,10-11H,8-9H2,1-2H3. The van der Waals surface area contributed by atoms with E-state index in [2.05, 4.69) is 15.9 Å². The minimum absolute atomic E-state index is 0.0601. The highest BCUT2D eigenvalue weighted by atomic mass is 79.9. The Morgan fingerprint density at radius 1 is 1.27 bits per heavy atom. The molecule has 1 heterocycles. The van der Waals surface area contributed by atoms with Crippen molar-refractivity contribution in [2.75, 3.05) is 7.11 Å². The molecule has 0 aliphatic heterocycles. The van der Waals surface area contributed by atoms with Gasteiger partial charge in [0.05, 0.1) is 18.4 Å². The molecule has 116 valence electrons. The summed E-state index contributed by atoms with van der Waals surface area (Å²) < 4.78 is 5.10. The molecule has 3 nitrogen and oxygen atoms in total. The van der Waals surface area contributed by atoms with E-state index < -0.39 is 0 Å². The zero-order valence-corrected chi connectivity index (χ0v) is 14.9. The molecule has 22 heavy (non-hydrogen) atoms. The van der Waals surface area contributed by atoms with Crippen molar-refractivity contribution in [2.45, 2.75) is 24.6 Å². The highest BCUT2D eigenvalue weighted by Crippen LogP contribution is 2.23. The minimum atomic E-state index is -0.300. The Morgan fingerprint density at radius 3 is 2.50 bits per heavy atom. The average molecular weight is 381 g/mol. The summed E-state index contributed by atoms with van der Waals surface area (Å²) in [5, 5.41) is 2.65. The zero-order chi connectivity index (χ0) is 16.1. The van der Waals surface area contributed by atoms with Crippen molar-refractivity contribution >= 4 is 38.8 Å². The molecular formula is C17H17BrO3S. The summed E-state index contributed by atoms with van der Waals surface area (Å²) in [6.07, 6.45) is -0.0601. The third-order valence-electron chi connectivity index (χ3n) is 3.52. The number of ether oxygens (including phenoxy) is 1. The van der Waals surface area contributed by atoms with Crippen LogP contribution in [0.2, 0.25) is 0 Å². The van der Waals surface area contributed by atoms with Gasteiger partial charge in [0.2, 0.25) is 0 Å². The number of Topliss-reactive ketones (excluding diaryl/α,β-unsaturated/α-hetero) is 2. The summed E-state index contributed by atoms with van der Waals surface area (Å²) in [4.78, 5) is 25.1. The van der Waals surface area contributed by atoms with Crippen molar-refractivity contribution in [1.29, 1.82) is 0 Å². The number of rotatable bonds is 7. The summed E-state index contributed by atoms with van der Waals surface area (Å²) in [5.74, 6) is 0.275. The molecule has 0 spiro atoms. The summed E-state index contributed by atoms with van der Waals surface area (Å²) in [7, 11) is 1.60. The Kier molecular flexibility index (Phi) is 5.91. The van der Waals surface area contributed by atoms with Crippen LogP contribution in [0.1, 0.15) is 40.1 Å². The van der Waals surface area contributed by atoms with Gasteiger partial charge in [-0.15, -0.1) is 11.3 Å². The predicted octanol–water partition coefficient (Wildman–Crippen LogP) is 4.60. The van der Waals surface area contributed by atoms with E-state index in [9.17, 15) is 9.59 Å². The summed E-state index contributed by atoms with van der Waals surface area (Å²) >= 11 is 4.74. The van der Waals surface area contributed by atoms with E-state index in [-0.39, 0.29) is 23.9 Å². The molecule has 0 fully saturated rings. The molecule has 2 rings (SSSR count). The number of ketones is 2. The molecule has 0 saturated carbocycles. The highest BCUT2D eigenvalue weighted by molar-refractivity contribution is 9.08. The van der Waals surface area contributed by atoms with Gasteiger partial charge < -0.3 is 4.74 Å². The van der Waals surface area contributed by atoms with Crippen LogP contribution in [-0.4, -0.2) is 18.7 Å². The first-order valence-corrected chi connectivity index (χ1v) is 8.88. The molecule has 2 aromatic rings. The lowest BCUT2D eigenvalue weighted by molar-refractivity contribution is -0.119. The molecule has 0 radical (unpaired) electrons. The molecule has 1 atom stereocenters. The molecule has 1 aromatic heterocycles. The summed E-state index contributed by atoms with van der Waals surface area (Å²) in [5.41, 5.74) is 1.95. The smallest absolute Gasteiger partial charge is 0.180 e. The van der Waals surface area contributed by atoms with Crippen LogP contribution in [0.4, 0.5) is 0 Å². The Bertz CT molecular complexity index is 661.